The van der Waals surface area contributed by atoms with Crippen molar-refractivity contribution in [2.45, 2.75) is 27.7 Å². The Bertz CT molecular complexity index is 2220. The zero-order chi connectivity index (χ0) is 32.1. The molecule has 0 radical (unpaired) electrons. The lowest BCUT2D eigenvalue weighted by Crippen LogP contribution is -1.95. The Hall–Kier alpha value is -6.22. The maximum absolute atomic E-state index is 6.21. The molecule has 0 fully saturated rings. The van der Waals surface area contributed by atoms with Gasteiger partial charge in [-0.3, -0.25) is 0 Å². The summed E-state index contributed by atoms with van der Waals surface area (Å²) in [5.41, 5.74) is 11.0. The maximum atomic E-state index is 6.21. The number of rotatable bonds is 6. The van der Waals surface area contributed by atoms with Gasteiger partial charge in [0.25, 0.3) is 0 Å². The van der Waals surface area contributed by atoms with Gasteiger partial charge in [-0.1, -0.05) is 35.4 Å². The number of fused-ring (bicyclic) bond motifs is 2. The summed E-state index contributed by atoms with van der Waals surface area (Å²) in [6.07, 6.45) is 4.03. The molecular formula is C38H30N8O. The monoisotopic (exact) mass is 614 g/mol. The Kier molecular flexibility index (Phi) is 6.79. The van der Waals surface area contributed by atoms with Gasteiger partial charge in [-0.15, -0.1) is 10.2 Å². The van der Waals surface area contributed by atoms with E-state index in [9.17, 15) is 0 Å². The van der Waals surface area contributed by atoms with Gasteiger partial charge >= 0.3 is 0 Å². The van der Waals surface area contributed by atoms with E-state index in [0.29, 0.717) is 11.5 Å². The van der Waals surface area contributed by atoms with Crippen molar-refractivity contribution in [3.63, 3.8) is 0 Å². The molecule has 0 unspecified atom stereocenters. The first-order chi connectivity index (χ1) is 22.9. The Morgan fingerprint density at radius 3 is 1.21 bits per heavy atom. The first-order valence-corrected chi connectivity index (χ1v) is 15.4. The lowest BCUT2D eigenvalue weighted by Gasteiger charge is -2.08. The van der Waals surface area contributed by atoms with Gasteiger partial charge in [-0.05, 0) is 100 Å². The summed E-state index contributed by atoms with van der Waals surface area (Å²) in [5, 5.41) is 29.4. The van der Waals surface area contributed by atoms with Crippen molar-refractivity contribution in [3.05, 3.63) is 132 Å². The van der Waals surface area contributed by atoms with Gasteiger partial charge in [-0.2, -0.15) is 20.4 Å². The third kappa shape index (κ3) is 5.27. The molecule has 0 aliphatic rings. The average Bonchev–Trinajstić information content (AvgIpc) is 3.74. The first kappa shape index (κ1) is 28.3. The van der Waals surface area contributed by atoms with Crippen LogP contribution in [0.2, 0.25) is 0 Å². The molecule has 228 valence electrons. The van der Waals surface area contributed by atoms with E-state index in [4.69, 9.17) is 14.9 Å². The van der Waals surface area contributed by atoms with Crippen LogP contribution in [0.5, 0.6) is 11.5 Å². The summed E-state index contributed by atoms with van der Waals surface area (Å²) in [7, 11) is 0. The molecule has 4 heterocycles. The third-order valence-electron chi connectivity index (χ3n) is 8.31. The third-order valence-corrected chi connectivity index (χ3v) is 8.31. The molecule has 0 saturated heterocycles. The van der Waals surface area contributed by atoms with E-state index in [1.165, 1.54) is 11.1 Å². The first-order valence-electron chi connectivity index (χ1n) is 15.4. The molecule has 0 aliphatic carbocycles. The molecule has 9 nitrogen and oxygen atoms in total. The Labute approximate surface area is 271 Å². The molecular weight excluding hydrogens is 584 g/mol. The molecule has 8 rings (SSSR count). The van der Waals surface area contributed by atoms with Gasteiger partial charge in [0.05, 0.1) is 33.5 Å². The molecule has 0 aliphatic heterocycles. The van der Waals surface area contributed by atoms with Crippen LogP contribution >= 0.6 is 0 Å². The van der Waals surface area contributed by atoms with Crippen LogP contribution in [-0.4, -0.2) is 40.0 Å². The highest BCUT2D eigenvalue weighted by Gasteiger charge is 2.16. The van der Waals surface area contributed by atoms with Gasteiger partial charge in [-0.25, -0.2) is 9.36 Å². The van der Waals surface area contributed by atoms with E-state index in [1.807, 2.05) is 84.1 Å². The van der Waals surface area contributed by atoms with E-state index < -0.39 is 0 Å². The van der Waals surface area contributed by atoms with E-state index in [2.05, 4.69) is 82.8 Å². The quantitative estimate of drug-likeness (QED) is 0.186. The number of benzene rings is 4. The molecule has 0 amide bonds. The van der Waals surface area contributed by atoms with Gasteiger partial charge < -0.3 is 4.74 Å². The highest BCUT2D eigenvalue weighted by molar-refractivity contribution is 5.94. The Morgan fingerprint density at radius 2 is 0.830 bits per heavy atom. The Morgan fingerprint density at radius 1 is 0.447 bits per heavy atom. The van der Waals surface area contributed by atoms with Crippen molar-refractivity contribution < 1.29 is 4.74 Å². The summed E-state index contributed by atoms with van der Waals surface area (Å²) in [6.45, 7) is 8.01. The van der Waals surface area contributed by atoms with Crippen molar-refractivity contribution in [1.82, 2.24) is 40.0 Å². The zero-order valence-corrected chi connectivity index (χ0v) is 26.4. The van der Waals surface area contributed by atoms with Crippen LogP contribution in [0.25, 0.3) is 55.7 Å². The van der Waals surface area contributed by atoms with Crippen LogP contribution in [0.3, 0.4) is 0 Å². The van der Waals surface area contributed by atoms with Gasteiger partial charge in [0.1, 0.15) is 33.9 Å². The molecule has 0 spiro atoms. The minimum absolute atomic E-state index is 0.713. The highest BCUT2D eigenvalue weighted by Crippen LogP contribution is 2.32. The SMILES string of the molecule is Cc1ccc(-n2cc3c(-c4ccc(Oc5ccc(-c6nnc(C)c7nn(-c8ccc(C)cc8)cc67)cc5)cc4)nnc(C)c3n2)cc1. The van der Waals surface area contributed by atoms with Crippen molar-refractivity contribution in [3.8, 4) is 45.4 Å². The molecule has 47 heavy (non-hydrogen) atoms. The zero-order valence-electron chi connectivity index (χ0n) is 26.4. The van der Waals surface area contributed by atoms with Crippen molar-refractivity contribution in [2.75, 3.05) is 0 Å². The van der Waals surface area contributed by atoms with Gasteiger partial charge in [0.15, 0.2) is 0 Å². The maximum Gasteiger partial charge on any atom is 0.127 e. The smallest absolute Gasteiger partial charge is 0.127 e. The van der Waals surface area contributed by atoms with Crippen LogP contribution < -0.4 is 4.74 Å². The van der Waals surface area contributed by atoms with E-state index >= 15 is 0 Å². The van der Waals surface area contributed by atoms with E-state index in [0.717, 1.165) is 67.1 Å². The van der Waals surface area contributed by atoms with E-state index in [-0.39, 0.29) is 0 Å². The fraction of sp³-hybridized carbons (Fsp3) is 0.105. The fourth-order valence-electron chi connectivity index (χ4n) is 5.67. The predicted octanol–water partition coefficient (Wildman–Crippen LogP) is 8.30. The van der Waals surface area contributed by atoms with Crippen molar-refractivity contribution in [1.29, 1.82) is 0 Å². The van der Waals surface area contributed by atoms with Gasteiger partial charge in [0.2, 0.25) is 0 Å². The molecule has 0 N–H and O–H groups in total. The number of hydrogen-bond donors (Lipinski definition) is 0. The standard InChI is InChI=1S/C38H30N8O/c1-23-5-13-29(14-6-23)45-21-33-35(43-45)25(3)39-41-37(33)27-9-17-31(18-10-27)47-32-19-11-28(12-20-32)38-34-22-46(30-15-7-24(2)8-16-30)44-36(34)26(4)40-42-38/h5-22H,1-4H3. The molecule has 8 aromatic rings. The van der Waals surface area contributed by atoms with E-state index in [1.54, 1.807) is 0 Å². The minimum atomic E-state index is 0.713. The molecule has 0 saturated carbocycles. The largest absolute Gasteiger partial charge is 0.457 e. The van der Waals surface area contributed by atoms with Crippen LogP contribution in [-0.2, 0) is 0 Å². The predicted molar refractivity (Wildman–Crippen MR) is 183 cm³/mol. The summed E-state index contributed by atoms with van der Waals surface area (Å²) in [5.74, 6) is 1.43. The second-order valence-electron chi connectivity index (χ2n) is 11.8. The van der Waals surface area contributed by atoms with Crippen LogP contribution in [0, 0.1) is 27.7 Å². The fourth-order valence-corrected chi connectivity index (χ4v) is 5.67. The van der Waals surface area contributed by atoms with Crippen LogP contribution in [0.1, 0.15) is 22.5 Å². The summed E-state index contributed by atoms with van der Waals surface area (Å²) < 4.78 is 9.98. The molecule has 0 atom stereocenters. The Balaban J connectivity index is 1.04. The summed E-state index contributed by atoms with van der Waals surface area (Å²) in [4.78, 5) is 0. The molecule has 9 heteroatoms. The number of ether oxygens (including phenoxy) is 1. The highest BCUT2D eigenvalue weighted by atomic mass is 16.5. The number of nitrogens with zero attached hydrogens (tertiary/aromatic N) is 8. The average molecular weight is 615 g/mol. The van der Waals surface area contributed by atoms with Crippen LogP contribution in [0.15, 0.2) is 109 Å². The normalized spacial score (nSPS) is 11.4. The minimum Gasteiger partial charge on any atom is -0.457 e. The number of hydrogen-bond acceptors (Lipinski definition) is 7. The van der Waals surface area contributed by atoms with Gasteiger partial charge in [0, 0.05) is 23.5 Å². The summed E-state index contributed by atoms with van der Waals surface area (Å²) >= 11 is 0. The topological polar surface area (TPSA) is 96.4 Å². The number of aryl methyl sites for hydroxylation is 4. The second kappa shape index (κ2) is 11.3. The summed E-state index contributed by atoms with van der Waals surface area (Å²) in [6, 6.07) is 32.3. The van der Waals surface area contributed by atoms with Crippen molar-refractivity contribution >= 4 is 21.8 Å². The lowest BCUT2D eigenvalue weighted by molar-refractivity contribution is 0.483. The number of aromatic nitrogens is 8. The van der Waals surface area contributed by atoms with Crippen molar-refractivity contribution in [2.24, 2.45) is 0 Å². The molecule has 0 bridgehead atoms. The van der Waals surface area contributed by atoms with Crippen LogP contribution in [0.4, 0.5) is 0 Å². The molecule has 4 aromatic heterocycles. The lowest BCUT2D eigenvalue weighted by atomic mass is 10.1. The second-order valence-corrected chi connectivity index (χ2v) is 11.8. The molecule has 4 aromatic carbocycles.